The second-order valence-electron chi connectivity index (χ2n) is 4.38. The molecule has 0 saturated carbocycles. The highest BCUT2D eigenvalue weighted by molar-refractivity contribution is 6.30. The summed E-state index contributed by atoms with van der Waals surface area (Å²) in [6.45, 7) is 0.933. The van der Waals surface area contributed by atoms with Crippen LogP contribution < -0.4 is 5.32 Å². The van der Waals surface area contributed by atoms with Crippen LogP contribution in [-0.2, 0) is 0 Å². The Morgan fingerprint density at radius 3 is 3.06 bits per heavy atom. The Bertz CT molecular complexity index is 617. The van der Waals surface area contributed by atoms with Gasteiger partial charge in [-0.1, -0.05) is 11.6 Å². The van der Waals surface area contributed by atoms with E-state index in [-0.39, 0.29) is 11.7 Å². The molecule has 1 saturated heterocycles. The predicted molar refractivity (Wildman–Crippen MR) is 67.1 cm³/mol. The number of nitrogens with one attached hydrogen (secondary N) is 1. The molecule has 1 atom stereocenters. The summed E-state index contributed by atoms with van der Waals surface area (Å²) in [5.74, 6) is -0.290. The number of aromatic nitrogens is 2. The largest absolute Gasteiger partial charge is 0.476 e. The van der Waals surface area contributed by atoms with Gasteiger partial charge in [-0.05, 0) is 31.5 Å². The quantitative estimate of drug-likeness (QED) is 0.873. The lowest BCUT2D eigenvalue weighted by atomic mass is 10.2. The first kappa shape index (κ1) is 11.5. The maximum absolute atomic E-state index is 11.2. The van der Waals surface area contributed by atoms with Crippen LogP contribution in [-0.4, -0.2) is 27.0 Å². The number of rotatable bonds is 2. The fourth-order valence-electron chi connectivity index (χ4n) is 2.39. The summed E-state index contributed by atoms with van der Waals surface area (Å²) in [6, 6.07) is 3.47. The topological polar surface area (TPSA) is 66.6 Å². The molecule has 0 aliphatic carbocycles. The fourth-order valence-corrected chi connectivity index (χ4v) is 2.55. The minimum Gasteiger partial charge on any atom is -0.476 e. The van der Waals surface area contributed by atoms with Crippen LogP contribution in [0.5, 0.6) is 0 Å². The summed E-state index contributed by atoms with van der Waals surface area (Å²) in [7, 11) is 0. The molecule has 2 N–H and O–H groups in total. The van der Waals surface area contributed by atoms with Crippen molar-refractivity contribution in [1.82, 2.24) is 14.7 Å². The van der Waals surface area contributed by atoms with Crippen molar-refractivity contribution in [2.75, 3.05) is 6.54 Å². The van der Waals surface area contributed by atoms with Gasteiger partial charge in [0.15, 0.2) is 5.69 Å². The maximum Gasteiger partial charge on any atom is 0.356 e. The number of carboxylic acid groups (broad SMARTS) is 1. The normalized spacial score (nSPS) is 19.5. The number of aromatic carboxylic acids is 1. The third kappa shape index (κ3) is 1.76. The fraction of sp³-hybridized carbons (Fsp3) is 0.333. The van der Waals surface area contributed by atoms with Crippen molar-refractivity contribution in [3.05, 3.63) is 34.9 Å². The molecule has 5 nitrogen and oxygen atoms in total. The van der Waals surface area contributed by atoms with E-state index in [1.54, 1.807) is 22.7 Å². The number of fused-ring (bicyclic) bond motifs is 1. The van der Waals surface area contributed by atoms with Gasteiger partial charge in [-0.3, -0.25) is 4.40 Å². The highest BCUT2D eigenvalue weighted by Gasteiger charge is 2.24. The van der Waals surface area contributed by atoms with Crippen molar-refractivity contribution < 1.29 is 9.90 Å². The molecule has 0 radical (unpaired) electrons. The number of nitrogens with zero attached hydrogens (tertiary/aromatic N) is 2. The Balaban J connectivity index is 2.23. The third-order valence-corrected chi connectivity index (χ3v) is 3.43. The zero-order valence-electron chi connectivity index (χ0n) is 9.56. The molecular weight excluding hydrogens is 254 g/mol. The predicted octanol–water partition coefficient (Wildman–Crippen LogP) is 2.11. The van der Waals surface area contributed by atoms with Crippen molar-refractivity contribution in [2.45, 2.75) is 18.9 Å². The van der Waals surface area contributed by atoms with Crippen molar-refractivity contribution in [3.8, 4) is 0 Å². The average molecular weight is 266 g/mol. The van der Waals surface area contributed by atoms with Gasteiger partial charge < -0.3 is 10.4 Å². The SMILES string of the molecule is O=C(O)c1nc(C2CCCN2)n2cc(Cl)ccc12. The van der Waals surface area contributed by atoms with E-state index in [1.165, 1.54) is 0 Å². The summed E-state index contributed by atoms with van der Waals surface area (Å²) < 4.78 is 1.77. The highest BCUT2D eigenvalue weighted by atomic mass is 35.5. The molecule has 1 fully saturated rings. The van der Waals surface area contributed by atoms with Gasteiger partial charge in [0, 0.05) is 6.20 Å². The standard InChI is InChI=1S/C12H12ClN3O2/c13-7-3-4-9-10(12(17)18)15-11(16(9)6-7)8-2-1-5-14-8/h3-4,6,8,14H,1-2,5H2,(H,17,18). The van der Waals surface area contributed by atoms with Crippen LogP contribution >= 0.6 is 11.6 Å². The van der Waals surface area contributed by atoms with Crippen LogP contribution in [0.15, 0.2) is 18.3 Å². The Labute approximate surface area is 108 Å². The van der Waals surface area contributed by atoms with Gasteiger partial charge in [0.05, 0.1) is 16.6 Å². The summed E-state index contributed by atoms with van der Waals surface area (Å²) in [5.41, 5.74) is 0.658. The lowest BCUT2D eigenvalue weighted by Gasteiger charge is -2.08. The van der Waals surface area contributed by atoms with Crippen molar-refractivity contribution in [3.63, 3.8) is 0 Å². The van der Waals surface area contributed by atoms with Crippen LogP contribution in [0.1, 0.15) is 35.2 Å². The molecule has 1 aliphatic rings. The maximum atomic E-state index is 11.2. The molecule has 1 aliphatic heterocycles. The van der Waals surface area contributed by atoms with Gasteiger partial charge in [-0.2, -0.15) is 0 Å². The molecule has 2 aromatic rings. The van der Waals surface area contributed by atoms with Crippen LogP contribution in [0.3, 0.4) is 0 Å². The van der Waals surface area contributed by atoms with Gasteiger partial charge in [-0.25, -0.2) is 9.78 Å². The Kier molecular flexibility index (Phi) is 2.72. The van der Waals surface area contributed by atoms with Gasteiger partial charge >= 0.3 is 5.97 Å². The molecule has 0 spiro atoms. The average Bonchev–Trinajstić information content (AvgIpc) is 2.93. The molecule has 1 unspecified atom stereocenters. The minimum absolute atomic E-state index is 0.0790. The van der Waals surface area contributed by atoms with Crippen LogP contribution in [0, 0.1) is 0 Å². The van der Waals surface area contributed by atoms with Gasteiger partial charge in [-0.15, -0.1) is 0 Å². The van der Waals surface area contributed by atoms with Crippen molar-refractivity contribution in [1.29, 1.82) is 0 Å². The van der Waals surface area contributed by atoms with E-state index < -0.39 is 5.97 Å². The van der Waals surface area contributed by atoms with Gasteiger partial charge in [0.1, 0.15) is 5.82 Å². The molecule has 0 amide bonds. The van der Waals surface area contributed by atoms with Gasteiger partial charge in [0.25, 0.3) is 0 Å². The third-order valence-electron chi connectivity index (χ3n) is 3.20. The second-order valence-corrected chi connectivity index (χ2v) is 4.81. The summed E-state index contributed by atoms with van der Waals surface area (Å²) in [5, 5.41) is 13.1. The van der Waals surface area contributed by atoms with Crippen molar-refractivity contribution >= 4 is 23.1 Å². The second kappa shape index (κ2) is 4.26. The Hall–Kier alpha value is -1.59. The Morgan fingerprint density at radius 2 is 2.39 bits per heavy atom. The zero-order chi connectivity index (χ0) is 12.7. The summed E-state index contributed by atoms with van der Waals surface area (Å²) >= 11 is 5.97. The van der Waals surface area contributed by atoms with E-state index in [9.17, 15) is 9.90 Å². The van der Waals surface area contributed by atoms with Crippen LogP contribution in [0.25, 0.3) is 5.52 Å². The first-order valence-corrected chi connectivity index (χ1v) is 6.19. The summed E-state index contributed by atoms with van der Waals surface area (Å²) in [4.78, 5) is 15.5. The first-order valence-electron chi connectivity index (χ1n) is 5.81. The number of hydrogen-bond acceptors (Lipinski definition) is 3. The first-order chi connectivity index (χ1) is 8.66. The van der Waals surface area contributed by atoms with Crippen LogP contribution in [0.4, 0.5) is 0 Å². The molecule has 94 valence electrons. The van der Waals surface area contributed by atoms with E-state index in [2.05, 4.69) is 10.3 Å². The molecule has 0 bridgehead atoms. The molecule has 3 heterocycles. The molecule has 18 heavy (non-hydrogen) atoms. The smallest absolute Gasteiger partial charge is 0.356 e. The number of hydrogen-bond donors (Lipinski definition) is 2. The zero-order valence-corrected chi connectivity index (χ0v) is 10.3. The van der Waals surface area contributed by atoms with E-state index in [0.717, 1.165) is 25.2 Å². The number of carbonyl (C=O) groups is 1. The number of imidazole rings is 1. The van der Waals surface area contributed by atoms with Crippen molar-refractivity contribution in [2.24, 2.45) is 0 Å². The van der Waals surface area contributed by atoms with E-state index >= 15 is 0 Å². The number of carboxylic acids is 1. The van der Waals surface area contributed by atoms with Gasteiger partial charge in [0.2, 0.25) is 0 Å². The number of halogens is 1. The molecule has 2 aromatic heterocycles. The molecule has 6 heteroatoms. The summed E-state index contributed by atoms with van der Waals surface area (Å²) in [6.07, 6.45) is 3.75. The monoisotopic (exact) mass is 265 g/mol. The lowest BCUT2D eigenvalue weighted by Crippen LogP contribution is -2.15. The molecular formula is C12H12ClN3O2. The van der Waals surface area contributed by atoms with Crippen LogP contribution in [0.2, 0.25) is 5.02 Å². The van der Waals surface area contributed by atoms with E-state index in [4.69, 9.17) is 11.6 Å². The highest BCUT2D eigenvalue weighted by Crippen LogP contribution is 2.26. The number of pyridine rings is 1. The minimum atomic E-state index is -1.01. The molecule has 0 aromatic carbocycles. The van der Waals surface area contributed by atoms with E-state index in [1.807, 2.05) is 0 Å². The molecule has 3 rings (SSSR count). The Morgan fingerprint density at radius 1 is 1.56 bits per heavy atom. The van der Waals surface area contributed by atoms with E-state index in [0.29, 0.717) is 10.5 Å². The lowest BCUT2D eigenvalue weighted by molar-refractivity contribution is 0.0693.